The number of halogens is 4. The van der Waals surface area contributed by atoms with Crippen molar-refractivity contribution >= 4 is 5.69 Å². The van der Waals surface area contributed by atoms with Crippen molar-refractivity contribution in [3.05, 3.63) is 59.4 Å². The molecule has 2 rings (SSSR count). The molecular weight excluding hydrogens is 286 g/mol. The third-order valence-corrected chi connectivity index (χ3v) is 3.03. The lowest BCUT2D eigenvalue weighted by atomic mass is 10.1. The number of phenols is 1. The summed E-state index contributed by atoms with van der Waals surface area (Å²) in [5.74, 6) is -0.649. The summed E-state index contributed by atoms with van der Waals surface area (Å²) in [6.45, 7) is 1.62. The van der Waals surface area contributed by atoms with Gasteiger partial charge >= 0.3 is 6.18 Å². The molecule has 0 aliphatic heterocycles. The fourth-order valence-corrected chi connectivity index (χ4v) is 1.99. The fourth-order valence-electron chi connectivity index (χ4n) is 1.99. The Kier molecular flexibility index (Phi) is 4.06. The number of hydrogen-bond acceptors (Lipinski definition) is 2. The summed E-state index contributed by atoms with van der Waals surface area (Å²) in [4.78, 5) is 0. The van der Waals surface area contributed by atoms with Gasteiger partial charge in [0, 0.05) is 11.3 Å². The van der Waals surface area contributed by atoms with Gasteiger partial charge in [-0.2, -0.15) is 13.2 Å². The highest BCUT2D eigenvalue weighted by molar-refractivity contribution is 5.49. The van der Waals surface area contributed by atoms with E-state index >= 15 is 0 Å². The maximum Gasteiger partial charge on any atom is 0.416 e. The molecule has 0 heterocycles. The zero-order valence-electron chi connectivity index (χ0n) is 11.1. The minimum Gasteiger partial charge on any atom is -0.508 e. The molecule has 2 N–H and O–H groups in total. The molecule has 6 heteroatoms. The first-order chi connectivity index (χ1) is 9.77. The van der Waals surface area contributed by atoms with E-state index in [0.717, 1.165) is 24.3 Å². The molecule has 1 atom stereocenters. The van der Waals surface area contributed by atoms with E-state index in [1.54, 1.807) is 6.92 Å². The Morgan fingerprint density at radius 1 is 1.10 bits per heavy atom. The van der Waals surface area contributed by atoms with Gasteiger partial charge in [0.05, 0.1) is 11.6 Å². The average Bonchev–Trinajstić information content (AvgIpc) is 2.41. The van der Waals surface area contributed by atoms with Gasteiger partial charge in [0.25, 0.3) is 0 Å². The first kappa shape index (κ1) is 15.2. The van der Waals surface area contributed by atoms with Crippen LogP contribution in [0.25, 0.3) is 0 Å². The molecule has 2 nitrogen and oxygen atoms in total. The zero-order valence-corrected chi connectivity index (χ0v) is 11.1. The lowest BCUT2D eigenvalue weighted by Crippen LogP contribution is -2.09. The van der Waals surface area contributed by atoms with Gasteiger partial charge < -0.3 is 10.4 Å². The van der Waals surface area contributed by atoms with Gasteiger partial charge in [0.15, 0.2) is 0 Å². The van der Waals surface area contributed by atoms with Crippen molar-refractivity contribution in [3.8, 4) is 5.75 Å². The van der Waals surface area contributed by atoms with Crippen molar-refractivity contribution < 1.29 is 22.7 Å². The predicted molar refractivity (Wildman–Crippen MR) is 71.5 cm³/mol. The van der Waals surface area contributed by atoms with Crippen molar-refractivity contribution in [3.63, 3.8) is 0 Å². The summed E-state index contributed by atoms with van der Waals surface area (Å²) < 4.78 is 51.1. The molecule has 0 saturated carbocycles. The largest absolute Gasteiger partial charge is 0.508 e. The maximum absolute atomic E-state index is 13.2. The lowest BCUT2D eigenvalue weighted by molar-refractivity contribution is -0.137. The quantitative estimate of drug-likeness (QED) is 0.803. The van der Waals surface area contributed by atoms with Crippen LogP contribution >= 0.6 is 0 Å². The van der Waals surface area contributed by atoms with Gasteiger partial charge in [-0.1, -0.05) is 6.07 Å². The Morgan fingerprint density at radius 2 is 1.81 bits per heavy atom. The molecule has 2 aromatic rings. The summed E-state index contributed by atoms with van der Waals surface area (Å²) >= 11 is 0. The van der Waals surface area contributed by atoms with Crippen LogP contribution in [-0.4, -0.2) is 5.11 Å². The second-order valence-corrected chi connectivity index (χ2v) is 4.65. The molecular formula is C15H13F4NO. The molecule has 0 aromatic heterocycles. The summed E-state index contributed by atoms with van der Waals surface area (Å²) in [6, 6.07) is 7.59. The fraction of sp³-hybridized carbons (Fsp3) is 0.200. The number of rotatable bonds is 3. The van der Waals surface area contributed by atoms with Crippen LogP contribution in [-0.2, 0) is 6.18 Å². The summed E-state index contributed by atoms with van der Waals surface area (Å²) in [5.41, 5.74) is -0.267. The van der Waals surface area contributed by atoms with Crippen LogP contribution < -0.4 is 5.32 Å². The second-order valence-electron chi connectivity index (χ2n) is 4.65. The van der Waals surface area contributed by atoms with E-state index in [1.807, 2.05) is 0 Å². The van der Waals surface area contributed by atoms with E-state index in [9.17, 15) is 22.7 Å². The number of anilines is 1. The first-order valence-electron chi connectivity index (χ1n) is 6.19. The minimum absolute atomic E-state index is 0.122. The molecule has 0 spiro atoms. The highest BCUT2D eigenvalue weighted by Gasteiger charge is 2.30. The SMILES string of the molecule is CC(Nc1cccc(C(F)(F)F)c1)c1cc(F)ccc1O. The van der Waals surface area contributed by atoms with E-state index in [1.165, 1.54) is 18.2 Å². The lowest BCUT2D eigenvalue weighted by Gasteiger charge is -2.18. The minimum atomic E-state index is -4.43. The molecule has 1 unspecified atom stereocenters. The monoisotopic (exact) mass is 299 g/mol. The molecule has 0 fully saturated rings. The first-order valence-corrected chi connectivity index (χ1v) is 6.19. The molecule has 21 heavy (non-hydrogen) atoms. The molecule has 0 radical (unpaired) electrons. The van der Waals surface area contributed by atoms with Crippen molar-refractivity contribution in [2.45, 2.75) is 19.1 Å². The number of nitrogens with one attached hydrogen (secondary N) is 1. The third-order valence-electron chi connectivity index (χ3n) is 3.03. The molecule has 0 aliphatic rings. The third kappa shape index (κ3) is 3.65. The standard InChI is InChI=1S/C15H13F4NO/c1-9(13-8-11(16)5-6-14(13)21)20-12-4-2-3-10(7-12)15(17,18)19/h2-9,20-21H,1H3. The van der Waals surface area contributed by atoms with Gasteiger partial charge in [-0.3, -0.25) is 0 Å². The maximum atomic E-state index is 13.2. The van der Waals surface area contributed by atoms with Crippen LogP contribution in [0.2, 0.25) is 0 Å². The Morgan fingerprint density at radius 3 is 2.48 bits per heavy atom. The van der Waals surface area contributed by atoms with Gasteiger partial charge in [-0.15, -0.1) is 0 Å². The van der Waals surface area contributed by atoms with E-state index in [2.05, 4.69) is 5.32 Å². The van der Waals surface area contributed by atoms with Gasteiger partial charge in [0.2, 0.25) is 0 Å². The second kappa shape index (κ2) is 5.63. The smallest absolute Gasteiger partial charge is 0.416 e. The number of benzene rings is 2. The molecule has 2 aromatic carbocycles. The number of phenolic OH excluding ortho intramolecular Hbond substituents is 1. The number of hydrogen-bond donors (Lipinski definition) is 2. The van der Waals surface area contributed by atoms with Crippen LogP contribution in [0.15, 0.2) is 42.5 Å². The van der Waals surface area contributed by atoms with E-state index in [4.69, 9.17) is 0 Å². The van der Waals surface area contributed by atoms with Crippen molar-refractivity contribution in [1.82, 2.24) is 0 Å². The summed E-state index contributed by atoms with van der Waals surface area (Å²) in [6.07, 6.45) is -4.43. The van der Waals surface area contributed by atoms with Gasteiger partial charge in [-0.25, -0.2) is 4.39 Å². The normalized spacial score (nSPS) is 13.0. The topological polar surface area (TPSA) is 32.3 Å². The van der Waals surface area contributed by atoms with Crippen LogP contribution in [0.5, 0.6) is 5.75 Å². The van der Waals surface area contributed by atoms with Crippen LogP contribution in [0.3, 0.4) is 0 Å². The van der Waals surface area contributed by atoms with Crippen molar-refractivity contribution in [1.29, 1.82) is 0 Å². The summed E-state index contributed by atoms with van der Waals surface area (Å²) in [7, 11) is 0. The van der Waals surface area contributed by atoms with Crippen molar-refractivity contribution in [2.75, 3.05) is 5.32 Å². The Labute approximate surface area is 119 Å². The Bertz CT molecular complexity index is 640. The van der Waals surface area contributed by atoms with Crippen LogP contribution in [0, 0.1) is 5.82 Å². The van der Waals surface area contributed by atoms with Crippen LogP contribution in [0.1, 0.15) is 24.1 Å². The van der Waals surface area contributed by atoms with Gasteiger partial charge in [0.1, 0.15) is 11.6 Å². The number of aromatic hydroxyl groups is 1. The van der Waals surface area contributed by atoms with Crippen LogP contribution in [0.4, 0.5) is 23.2 Å². The highest BCUT2D eigenvalue weighted by Crippen LogP contribution is 2.32. The van der Waals surface area contributed by atoms with E-state index in [0.29, 0.717) is 0 Å². The van der Waals surface area contributed by atoms with E-state index < -0.39 is 23.6 Å². The predicted octanol–water partition coefficient (Wildman–Crippen LogP) is 4.72. The van der Waals surface area contributed by atoms with Gasteiger partial charge in [-0.05, 0) is 43.3 Å². The molecule has 0 amide bonds. The Balaban J connectivity index is 2.23. The molecule has 0 bridgehead atoms. The van der Waals surface area contributed by atoms with Crippen molar-refractivity contribution in [2.24, 2.45) is 0 Å². The molecule has 112 valence electrons. The summed E-state index contributed by atoms with van der Waals surface area (Å²) in [5, 5.41) is 12.5. The molecule has 0 saturated heterocycles. The molecule has 0 aliphatic carbocycles. The number of alkyl halides is 3. The average molecular weight is 299 g/mol. The van der Waals surface area contributed by atoms with E-state index in [-0.39, 0.29) is 17.0 Å². The zero-order chi connectivity index (χ0) is 15.6. The Hall–Kier alpha value is -2.24. The highest BCUT2D eigenvalue weighted by atomic mass is 19.4.